The molecule has 0 aromatic carbocycles. The molecular formula is C32H57BrN4O4. The van der Waals surface area contributed by atoms with Crippen molar-refractivity contribution >= 4 is 39.6 Å². The largest absolute Gasteiger partial charge is 0.356 e. The fourth-order valence-corrected chi connectivity index (χ4v) is 6.35. The van der Waals surface area contributed by atoms with Gasteiger partial charge < -0.3 is 16.0 Å². The van der Waals surface area contributed by atoms with Gasteiger partial charge in [0.2, 0.25) is 23.6 Å². The van der Waals surface area contributed by atoms with E-state index in [0.717, 1.165) is 43.9 Å². The number of nitrogens with one attached hydrogen (secondary N) is 3. The lowest BCUT2D eigenvalue weighted by atomic mass is 9.83. The van der Waals surface area contributed by atoms with Gasteiger partial charge in [-0.2, -0.15) is 0 Å². The number of carbonyl (C=O) groups excluding carboxylic acids is 4. The van der Waals surface area contributed by atoms with Crippen LogP contribution < -0.4 is 16.0 Å². The molecule has 0 saturated carbocycles. The van der Waals surface area contributed by atoms with E-state index in [0.29, 0.717) is 51.0 Å². The molecule has 2 aliphatic rings. The second kappa shape index (κ2) is 18.1. The maximum Gasteiger partial charge on any atom is 0.227 e. The Morgan fingerprint density at radius 1 is 1.00 bits per heavy atom. The van der Waals surface area contributed by atoms with Crippen LogP contribution in [-0.4, -0.2) is 52.2 Å². The van der Waals surface area contributed by atoms with Crippen molar-refractivity contribution in [2.24, 2.45) is 11.3 Å². The topological polar surface area (TPSA) is 108 Å². The van der Waals surface area contributed by atoms with Crippen LogP contribution in [0.25, 0.3) is 0 Å². The Bertz CT molecular complexity index is 850. The number of halogens is 1. The number of nitrogens with zero attached hydrogens (tertiary/aromatic N) is 1. The Kier molecular flexibility index (Phi) is 15.7. The predicted octanol–water partition coefficient (Wildman–Crippen LogP) is 6.31. The van der Waals surface area contributed by atoms with Crippen molar-refractivity contribution in [1.82, 2.24) is 20.9 Å². The summed E-state index contributed by atoms with van der Waals surface area (Å²) in [4.78, 5) is 55.4. The lowest BCUT2D eigenvalue weighted by Crippen LogP contribution is -2.69. The highest BCUT2D eigenvalue weighted by molar-refractivity contribution is 9.09. The van der Waals surface area contributed by atoms with Gasteiger partial charge in [0.1, 0.15) is 11.8 Å². The van der Waals surface area contributed by atoms with Gasteiger partial charge in [-0.3, -0.25) is 24.1 Å². The number of rotatable bonds is 17. The van der Waals surface area contributed by atoms with Crippen LogP contribution in [0.4, 0.5) is 0 Å². The minimum absolute atomic E-state index is 0.00842. The molecule has 0 bridgehead atoms. The van der Waals surface area contributed by atoms with E-state index < -0.39 is 17.2 Å². The Morgan fingerprint density at radius 2 is 1.66 bits per heavy atom. The lowest BCUT2D eigenvalue weighted by Gasteiger charge is -2.48. The SMILES string of the molecule is CC(C)CCC(C)(C)C(=O)N[C@]1(N(C(=O)CCCCCCCCCCBr)[C@H]2CCCCC(=O)N2)CCCNC(=O)C1. The van der Waals surface area contributed by atoms with Crippen molar-refractivity contribution < 1.29 is 19.2 Å². The summed E-state index contributed by atoms with van der Waals surface area (Å²) in [5.41, 5.74) is -1.84. The van der Waals surface area contributed by atoms with Crippen LogP contribution in [0.3, 0.4) is 0 Å². The molecule has 2 aliphatic heterocycles. The molecule has 3 N–H and O–H groups in total. The fraction of sp³-hybridized carbons (Fsp3) is 0.875. The van der Waals surface area contributed by atoms with Crippen molar-refractivity contribution in [2.45, 2.75) is 155 Å². The van der Waals surface area contributed by atoms with Crippen LogP contribution in [0.15, 0.2) is 0 Å². The third kappa shape index (κ3) is 12.2. The number of unbranched alkanes of at least 4 members (excludes halogenated alkanes) is 7. The molecule has 2 saturated heterocycles. The highest BCUT2D eigenvalue weighted by atomic mass is 79.9. The molecule has 0 radical (unpaired) electrons. The van der Waals surface area contributed by atoms with Gasteiger partial charge in [0.25, 0.3) is 0 Å². The Hall–Kier alpha value is -1.64. The molecule has 0 aromatic heterocycles. The van der Waals surface area contributed by atoms with Gasteiger partial charge in [0, 0.05) is 30.1 Å². The molecule has 9 heteroatoms. The molecule has 0 aliphatic carbocycles. The van der Waals surface area contributed by atoms with Crippen molar-refractivity contribution in [3.8, 4) is 0 Å². The summed E-state index contributed by atoms with van der Waals surface area (Å²) in [6, 6.07) is 0. The summed E-state index contributed by atoms with van der Waals surface area (Å²) < 4.78 is 0. The quantitative estimate of drug-likeness (QED) is 0.0983. The number of hydrogen-bond acceptors (Lipinski definition) is 4. The zero-order chi connectivity index (χ0) is 30.3. The molecule has 0 spiro atoms. The van der Waals surface area contributed by atoms with Crippen molar-refractivity contribution in [3.63, 3.8) is 0 Å². The fourth-order valence-electron chi connectivity index (χ4n) is 5.95. The molecule has 2 fully saturated rings. The Labute approximate surface area is 257 Å². The summed E-state index contributed by atoms with van der Waals surface area (Å²) in [6.07, 6.45) is 14.0. The summed E-state index contributed by atoms with van der Waals surface area (Å²) in [5.74, 6) is -0.0363. The van der Waals surface area contributed by atoms with E-state index in [1.807, 2.05) is 13.8 Å². The van der Waals surface area contributed by atoms with Gasteiger partial charge in [0.15, 0.2) is 0 Å². The zero-order valence-corrected chi connectivity index (χ0v) is 27.8. The first-order chi connectivity index (χ1) is 19.5. The summed E-state index contributed by atoms with van der Waals surface area (Å²) in [7, 11) is 0. The highest BCUT2D eigenvalue weighted by Crippen LogP contribution is 2.33. The molecule has 0 aromatic rings. The minimum atomic E-state index is -1.18. The molecule has 2 atom stereocenters. The first-order valence-corrected chi connectivity index (χ1v) is 17.4. The number of carbonyl (C=O) groups is 4. The van der Waals surface area contributed by atoms with E-state index >= 15 is 0 Å². The highest BCUT2D eigenvalue weighted by Gasteiger charge is 2.48. The van der Waals surface area contributed by atoms with Gasteiger partial charge >= 0.3 is 0 Å². The van der Waals surface area contributed by atoms with Gasteiger partial charge in [-0.05, 0) is 63.7 Å². The summed E-state index contributed by atoms with van der Waals surface area (Å²) >= 11 is 3.48. The Morgan fingerprint density at radius 3 is 2.32 bits per heavy atom. The van der Waals surface area contributed by atoms with Crippen LogP contribution in [0, 0.1) is 11.3 Å². The first kappa shape index (κ1) is 35.6. The molecule has 41 heavy (non-hydrogen) atoms. The number of hydrogen-bond donors (Lipinski definition) is 3. The first-order valence-electron chi connectivity index (χ1n) is 16.3. The summed E-state index contributed by atoms with van der Waals surface area (Å²) in [6.45, 7) is 8.67. The zero-order valence-electron chi connectivity index (χ0n) is 26.3. The average Bonchev–Trinajstić information content (AvgIpc) is 3.23. The van der Waals surface area contributed by atoms with Gasteiger partial charge in [0.05, 0.1) is 6.42 Å². The molecule has 2 heterocycles. The van der Waals surface area contributed by atoms with Crippen LogP contribution in [0.5, 0.6) is 0 Å². The van der Waals surface area contributed by atoms with E-state index in [-0.39, 0.29) is 30.0 Å². The maximum atomic E-state index is 14.1. The van der Waals surface area contributed by atoms with E-state index in [2.05, 4.69) is 45.7 Å². The molecule has 4 amide bonds. The minimum Gasteiger partial charge on any atom is -0.356 e. The van der Waals surface area contributed by atoms with Gasteiger partial charge in [-0.25, -0.2) is 0 Å². The van der Waals surface area contributed by atoms with Crippen LogP contribution in [0.1, 0.15) is 143 Å². The number of amides is 4. The smallest absolute Gasteiger partial charge is 0.227 e. The van der Waals surface area contributed by atoms with Crippen molar-refractivity contribution in [2.75, 3.05) is 11.9 Å². The molecule has 0 unspecified atom stereocenters. The molecule has 236 valence electrons. The van der Waals surface area contributed by atoms with Crippen LogP contribution in [0.2, 0.25) is 0 Å². The van der Waals surface area contributed by atoms with E-state index in [9.17, 15) is 19.2 Å². The summed E-state index contributed by atoms with van der Waals surface area (Å²) in [5, 5.41) is 10.3. The second-order valence-corrected chi connectivity index (χ2v) is 14.1. The third-order valence-corrected chi connectivity index (χ3v) is 9.19. The second-order valence-electron chi connectivity index (χ2n) is 13.3. The van der Waals surface area contributed by atoms with E-state index in [1.165, 1.54) is 32.1 Å². The molecule has 2 rings (SSSR count). The predicted molar refractivity (Wildman–Crippen MR) is 168 cm³/mol. The monoisotopic (exact) mass is 640 g/mol. The third-order valence-electron chi connectivity index (χ3n) is 8.62. The van der Waals surface area contributed by atoms with Gasteiger partial charge in [-0.1, -0.05) is 82.1 Å². The maximum absolute atomic E-state index is 14.1. The van der Waals surface area contributed by atoms with Crippen molar-refractivity contribution in [3.05, 3.63) is 0 Å². The molecule has 8 nitrogen and oxygen atoms in total. The lowest BCUT2D eigenvalue weighted by molar-refractivity contribution is -0.153. The molecular weight excluding hydrogens is 584 g/mol. The normalized spacial score (nSPS) is 22.0. The van der Waals surface area contributed by atoms with Crippen LogP contribution in [-0.2, 0) is 19.2 Å². The van der Waals surface area contributed by atoms with E-state index in [1.54, 1.807) is 4.90 Å². The standard InChI is InChI=1S/C32H57BrN4O4/c1-25(2)19-21-31(3,4)30(41)36-32(20-15-23-34-28(39)24-32)37(26-16-12-13-17-27(38)35-26)29(40)18-11-9-7-5-6-8-10-14-22-33/h25-26H,5-24H2,1-4H3,(H,34,39)(H,35,38)(H,36,41)/t26-,32-/m0/s1. The van der Waals surface area contributed by atoms with Crippen molar-refractivity contribution in [1.29, 1.82) is 0 Å². The van der Waals surface area contributed by atoms with Gasteiger partial charge in [-0.15, -0.1) is 0 Å². The number of alkyl halides is 1. The van der Waals surface area contributed by atoms with E-state index in [4.69, 9.17) is 0 Å². The average molecular weight is 642 g/mol. The Balaban J connectivity index is 2.27. The van der Waals surface area contributed by atoms with Crippen LogP contribution >= 0.6 is 15.9 Å².